The van der Waals surface area contributed by atoms with Crippen LogP contribution in [0.2, 0.25) is 0 Å². The van der Waals surface area contributed by atoms with Gasteiger partial charge in [-0.15, -0.1) is 0 Å². The molecule has 150 valence electrons. The summed E-state index contributed by atoms with van der Waals surface area (Å²) in [5, 5.41) is 18.6. The van der Waals surface area contributed by atoms with E-state index in [4.69, 9.17) is 34.0 Å². The van der Waals surface area contributed by atoms with Crippen LogP contribution in [0, 0.1) is 0 Å². The molecule has 0 aromatic heterocycles. The van der Waals surface area contributed by atoms with Crippen LogP contribution in [-0.2, 0) is 19.1 Å². The monoisotopic (exact) mass is 381 g/mol. The van der Waals surface area contributed by atoms with Gasteiger partial charge in [0.15, 0.2) is 11.8 Å². The standard InChI is InChI=1S/C17H25NO3.C2H2O4/c1-3-7-15(8-4-1)19-12-11-18-13-16-14-20-17(21-16)9-5-2-6-10-17;3-1(4)2(5)6/h1,3-4,7-8,16,18H,2,5-6,9-14H2;(H,3,4)(H,5,6). The van der Waals surface area contributed by atoms with Gasteiger partial charge in [0, 0.05) is 12.8 Å². The molecule has 8 heteroatoms. The highest BCUT2D eigenvalue weighted by Crippen LogP contribution is 2.37. The first kappa shape index (κ1) is 21.1. The van der Waals surface area contributed by atoms with E-state index in [1.807, 2.05) is 30.3 Å². The van der Waals surface area contributed by atoms with E-state index in [-0.39, 0.29) is 11.9 Å². The Morgan fingerprint density at radius 3 is 2.52 bits per heavy atom. The number of carbonyl (C=O) groups is 2. The Morgan fingerprint density at radius 1 is 1.22 bits per heavy atom. The smallest absolute Gasteiger partial charge is 0.351 e. The molecule has 3 N–H and O–H groups in total. The number of hydrogen-bond acceptors (Lipinski definition) is 6. The van der Waals surface area contributed by atoms with Crippen molar-refractivity contribution in [1.29, 1.82) is 0 Å². The molecule has 1 aliphatic heterocycles. The number of aliphatic carboxylic acids is 2. The second-order valence-corrected chi connectivity index (χ2v) is 6.59. The van der Waals surface area contributed by atoms with Gasteiger partial charge in [0.2, 0.25) is 0 Å². The fourth-order valence-electron chi connectivity index (χ4n) is 3.17. The lowest BCUT2D eigenvalue weighted by atomic mass is 9.94. The molecule has 27 heavy (non-hydrogen) atoms. The number of rotatable bonds is 6. The minimum Gasteiger partial charge on any atom is -0.539 e. The van der Waals surface area contributed by atoms with E-state index in [2.05, 4.69) is 5.32 Å². The molecule has 1 spiro atoms. The van der Waals surface area contributed by atoms with Crippen molar-refractivity contribution in [3.63, 3.8) is 0 Å². The van der Waals surface area contributed by atoms with Gasteiger partial charge in [-0.05, 0) is 25.0 Å². The molecule has 0 amide bonds. The number of carboxylic acid groups (broad SMARTS) is 2. The van der Waals surface area contributed by atoms with E-state index in [0.717, 1.165) is 44.9 Å². The third-order valence-electron chi connectivity index (χ3n) is 4.47. The van der Waals surface area contributed by atoms with Crippen LogP contribution in [0.4, 0.5) is 0 Å². The van der Waals surface area contributed by atoms with Gasteiger partial charge in [0.25, 0.3) is 0 Å². The van der Waals surface area contributed by atoms with Gasteiger partial charge in [-0.2, -0.15) is 0 Å². The largest absolute Gasteiger partial charge is 0.539 e. The van der Waals surface area contributed by atoms with Crippen molar-refractivity contribution >= 4 is 11.9 Å². The molecule has 3 rings (SSSR count). The Hall–Kier alpha value is -2.16. The first-order valence-electron chi connectivity index (χ1n) is 9.26. The molecular weight excluding hydrogens is 354 g/mol. The van der Waals surface area contributed by atoms with Gasteiger partial charge in [-0.25, -0.2) is 4.79 Å². The van der Waals surface area contributed by atoms with E-state index >= 15 is 0 Å². The van der Waals surface area contributed by atoms with Crippen molar-refractivity contribution in [2.75, 3.05) is 26.3 Å². The molecule has 1 unspecified atom stereocenters. The van der Waals surface area contributed by atoms with E-state index in [0.29, 0.717) is 0 Å². The second kappa shape index (κ2) is 10.9. The topological polar surface area (TPSA) is 122 Å². The van der Waals surface area contributed by atoms with Crippen LogP contribution in [0.3, 0.4) is 0 Å². The molecule has 1 saturated heterocycles. The molecule has 1 aliphatic carbocycles. The molecule has 2 aliphatic rings. The molecule has 1 heterocycles. The summed E-state index contributed by atoms with van der Waals surface area (Å²) >= 11 is 0. The van der Waals surface area contributed by atoms with E-state index in [1.165, 1.54) is 19.3 Å². The van der Waals surface area contributed by atoms with Crippen molar-refractivity contribution in [2.45, 2.75) is 44.0 Å². The van der Waals surface area contributed by atoms with Gasteiger partial charge in [0.05, 0.1) is 6.61 Å². The van der Waals surface area contributed by atoms with E-state index in [1.54, 1.807) is 0 Å². The van der Waals surface area contributed by atoms with Crippen LogP contribution in [-0.4, -0.2) is 55.2 Å². The summed E-state index contributed by atoms with van der Waals surface area (Å²) in [5.74, 6) is -3.31. The fraction of sp³-hybridized carbons (Fsp3) is 0.579. The molecule has 0 radical (unpaired) electrons. The fourth-order valence-corrected chi connectivity index (χ4v) is 3.17. The minimum atomic E-state index is -2.07. The van der Waals surface area contributed by atoms with Gasteiger partial charge in [0.1, 0.15) is 31.5 Å². The van der Waals surface area contributed by atoms with Crippen LogP contribution in [0.25, 0.3) is 0 Å². The Labute approximate surface area is 158 Å². The number of ether oxygens (including phenoxy) is 3. The van der Waals surface area contributed by atoms with Crippen molar-refractivity contribution in [1.82, 2.24) is 0 Å². The number of para-hydroxylation sites is 1. The maximum atomic E-state index is 9.04. The predicted octanol–water partition coefficient (Wildman–Crippen LogP) is -0.474. The molecule has 1 aromatic rings. The lowest BCUT2D eigenvalue weighted by molar-refractivity contribution is -0.661. The van der Waals surface area contributed by atoms with Crippen molar-refractivity contribution in [3.8, 4) is 5.75 Å². The molecular formula is C19H27NO7. The number of benzene rings is 1. The zero-order valence-corrected chi connectivity index (χ0v) is 15.3. The van der Waals surface area contributed by atoms with Crippen molar-refractivity contribution in [3.05, 3.63) is 30.3 Å². The summed E-state index contributed by atoms with van der Waals surface area (Å²) in [7, 11) is 0. The Balaban J connectivity index is 0.000000380. The van der Waals surface area contributed by atoms with E-state index < -0.39 is 11.9 Å². The lowest BCUT2D eigenvalue weighted by Gasteiger charge is -2.31. The highest BCUT2D eigenvalue weighted by molar-refractivity contribution is 6.26. The van der Waals surface area contributed by atoms with Gasteiger partial charge < -0.3 is 34.5 Å². The first-order valence-corrected chi connectivity index (χ1v) is 9.26. The molecule has 2 fully saturated rings. The van der Waals surface area contributed by atoms with E-state index in [9.17, 15) is 0 Å². The molecule has 1 saturated carbocycles. The third kappa shape index (κ3) is 7.54. The highest BCUT2D eigenvalue weighted by atomic mass is 16.7. The third-order valence-corrected chi connectivity index (χ3v) is 4.47. The molecule has 8 nitrogen and oxygen atoms in total. The SMILES string of the molecule is O=C([O-])C(=O)O.c1ccc(OCC[NH2+]CC2COC3(CCCCC3)O2)cc1. The summed E-state index contributed by atoms with van der Waals surface area (Å²) in [6.45, 7) is 3.38. The second-order valence-electron chi connectivity index (χ2n) is 6.59. The van der Waals surface area contributed by atoms with Crippen LogP contribution in [0.5, 0.6) is 5.75 Å². The lowest BCUT2D eigenvalue weighted by Crippen LogP contribution is -2.87. The normalized spacial score (nSPS) is 20.5. The number of nitrogens with two attached hydrogens (primary N) is 1. The number of hydrogen-bond donors (Lipinski definition) is 2. The average Bonchev–Trinajstić information content (AvgIpc) is 3.05. The summed E-state index contributed by atoms with van der Waals surface area (Å²) < 4.78 is 17.8. The number of carboxylic acids is 2. The zero-order chi connectivity index (χ0) is 19.5. The predicted molar refractivity (Wildman–Crippen MR) is 92.9 cm³/mol. The number of quaternary nitrogens is 1. The summed E-state index contributed by atoms with van der Waals surface area (Å²) in [6, 6.07) is 9.96. The van der Waals surface area contributed by atoms with Crippen molar-refractivity contribution in [2.24, 2.45) is 0 Å². The average molecular weight is 381 g/mol. The Kier molecular flexibility index (Phi) is 8.50. The Morgan fingerprint density at radius 2 is 1.89 bits per heavy atom. The first-order chi connectivity index (χ1) is 13.0. The maximum absolute atomic E-state index is 9.04. The van der Waals surface area contributed by atoms with Crippen LogP contribution >= 0.6 is 0 Å². The van der Waals surface area contributed by atoms with Crippen molar-refractivity contribution < 1.29 is 39.3 Å². The quantitative estimate of drug-likeness (QED) is 0.504. The summed E-state index contributed by atoms with van der Waals surface area (Å²) in [4.78, 5) is 18.0. The number of carbonyl (C=O) groups excluding carboxylic acids is 1. The van der Waals surface area contributed by atoms with Gasteiger partial charge >= 0.3 is 5.97 Å². The highest BCUT2D eigenvalue weighted by Gasteiger charge is 2.42. The van der Waals surface area contributed by atoms with Crippen LogP contribution in [0.1, 0.15) is 32.1 Å². The summed E-state index contributed by atoms with van der Waals surface area (Å²) in [6.07, 6.45) is 6.17. The van der Waals surface area contributed by atoms with Gasteiger partial charge in [-0.3, -0.25) is 0 Å². The summed E-state index contributed by atoms with van der Waals surface area (Å²) in [5.41, 5.74) is 0. The molecule has 1 atom stereocenters. The molecule has 1 aromatic carbocycles. The maximum Gasteiger partial charge on any atom is 0.351 e. The molecule has 0 bridgehead atoms. The Bertz CT molecular complexity index is 575. The van der Waals surface area contributed by atoms with Crippen LogP contribution < -0.4 is 15.2 Å². The zero-order valence-electron chi connectivity index (χ0n) is 15.3. The minimum absolute atomic E-state index is 0.236. The van der Waals surface area contributed by atoms with Gasteiger partial charge in [-0.1, -0.05) is 24.6 Å². The van der Waals surface area contributed by atoms with Crippen LogP contribution in [0.15, 0.2) is 30.3 Å².